The number of nitrogens with one attached hydrogen (secondary N) is 1. The highest BCUT2D eigenvalue weighted by Gasteiger charge is 2.29. The van der Waals surface area contributed by atoms with E-state index in [1.165, 1.54) is 6.07 Å². The smallest absolute Gasteiger partial charge is 0.150 e. The highest BCUT2D eigenvalue weighted by molar-refractivity contribution is 6.42. The highest BCUT2D eigenvalue weighted by Crippen LogP contribution is 2.30. The van der Waals surface area contributed by atoms with Gasteiger partial charge < -0.3 is 20.6 Å². The normalized spacial score (nSPS) is 11.6. The number of aliphatic hydroxyl groups is 3. The molecule has 0 aromatic carbocycles. The van der Waals surface area contributed by atoms with Gasteiger partial charge in [-0.2, -0.15) is 0 Å². The summed E-state index contributed by atoms with van der Waals surface area (Å²) in [7, 11) is 0. The van der Waals surface area contributed by atoms with Crippen LogP contribution < -0.4 is 5.32 Å². The molecule has 1 heterocycles. The first-order valence-corrected chi connectivity index (χ1v) is 5.73. The summed E-state index contributed by atoms with van der Waals surface area (Å²) in [5.41, 5.74) is -1.33. The van der Waals surface area contributed by atoms with Gasteiger partial charge in [0.1, 0.15) is 16.5 Å². The van der Waals surface area contributed by atoms with Crippen LogP contribution in [0.4, 0.5) is 5.82 Å². The van der Waals surface area contributed by atoms with Crippen molar-refractivity contribution in [1.82, 2.24) is 4.98 Å². The van der Waals surface area contributed by atoms with Gasteiger partial charge >= 0.3 is 0 Å². The fourth-order valence-corrected chi connectivity index (χ4v) is 1.60. The molecule has 4 N–H and O–H groups in total. The van der Waals surface area contributed by atoms with E-state index < -0.39 is 25.4 Å². The van der Waals surface area contributed by atoms with E-state index in [0.29, 0.717) is 0 Å². The number of aromatic nitrogens is 1. The lowest BCUT2D eigenvalue weighted by Gasteiger charge is -2.29. The SMILES string of the molecule is OCC(CO)(CO)Nc1nc(Cl)c(Cl)cc1Cl. The number of anilines is 1. The molecule has 0 saturated heterocycles. The molecule has 0 atom stereocenters. The van der Waals surface area contributed by atoms with Gasteiger partial charge in [0, 0.05) is 0 Å². The topological polar surface area (TPSA) is 85.6 Å². The van der Waals surface area contributed by atoms with Gasteiger partial charge in [-0.1, -0.05) is 34.8 Å². The van der Waals surface area contributed by atoms with Gasteiger partial charge in [0.05, 0.1) is 29.9 Å². The lowest BCUT2D eigenvalue weighted by molar-refractivity contribution is 0.0831. The van der Waals surface area contributed by atoms with Crippen molar-refractivity contribution in [3.8, 4) is 0 Å². The summed E-state index contributed by atoms with van der Waals surface area (Å²) >= 11 is 17.3. The van der Waals surface area contributed by atoms with E-state index in [2.05, 4.69) is 10.3 Å². The number of pyridine rings is 1. The standard InChI is InChI=1S/C9H11Cl3N2O3/c10-5-1-6(11)8(13-7(5)12)14-9(2-15,3-16)4-17/h1,15-17H,2-4H2,(H,13,14). The third-order valence-electron chi connectivity index (χ3n) is 2.18. The lowest BCUT2D eigenvalue weighted by Crippen LogP contribution is -2.49. The average Bonchev–Trinajstić information content (AvgIpc) is 2.33. The fraction of sp³-hybridized carbons (Fsp3) is 0.444. The van der Waals surface area contributed by atoms with Crippen LogP contribution in [0.2, 0.25) is 15.2 Å². The molecule has 0 spiro atoms. The van der Waals surface area contributed by atoms with Crippen LogP contribution in [0.5, 0.6) is 0 Å². The van der Waals surface area contributed by atoms with Gasteiger partial charge in [-0.3, -0.25) is 0 Å². The summed E-state index contributed by atoms with van der Waals surface area (Å²) in [6.45, 7) is -1.51. The van der Waals surface area contributed by atoms with Crippen LogP contribution >= 0.6 is 34.8 Å². The van der Waals surface area contributed by atoms with E-state index in [1.807, 2.05) is 0 Å². The summed E-state index contributed by atoms with van der Waals surface area (Å²) < 4.78 is 0. The van der Waals surface area contributed by atoms with Crippen molar-refractivity contribution in [3.63, 3.8) is 0 Å². The van der Waals surface area contributed by atoms with Gasteiger partial charge in [0.25, 0.3) is 0 Å². The van der Waals surface area contributed by atoms with Crippen LogP contribution in [0.25, 0.3) is 0 Å². The molecule has 0 fully saturated rings. The van der Waals surface area contributed by atoms with Gasteiger partial charge in [-0.05, 0) is 6.07 Å². The molecule has 0 amide bonds. The first kappa shape index (κ1) is 14.8. The summed E-state index contributed by atoms with van der Waals surface area (Å²) in [5, 5.41) is 30.4. The average molecular weight is 302 g/mol. The highest BCUT2D eigenvalue weighted by atomic mass is 35.5. The van der Waals surface area contributed by atoms with Crippen molar-refractivity contribution in [2.75, 3.05) is 25.1 Å². The first-order valence-electron chi connectivity index (χ1n) is 4.60. The molecule has 0 aliphatic rings. The largest absolute Gasteiger partial charge is 0.394 e. The number of halogens is 3. The van der Waals surface area contributed by atoms with E-state index in [0.717, 1.165) is 0 Å². The van der Waals surface area contributed by atoms with E-state index >= 15 is 0 Å². The third kappa shape index (κ3) is 3.34. The monoisotopic (exact) mass is 300 g/mol. The van der Waals surface area contributed by atoms with Crippen molar-refractivity contribution in [2.45, 2.75) is 5.54 Å². The molecule has 1 aromatic rings. The summed E-state index contributed by atoms with van der Waals surface area (Å²) in [6.07, 6.45) is 0. The Kier molecular flexibility index (Phi) is 5.24. The molecule has 0 bridgehead atoms. The Hall–Kier alpha value is -0.300. The molecular weight excluding hydrogens is 290 g/mol. The van der Waals surface area contributed by atoms with Gasteiger partial charge in [-0.25, -0.2) is 4.98 Å². The minimum absolute atomic E-state index is 0.0290. The van der Waals surface area contributed by atoms with Crippen molar-refractivity contribution in [1.29, 1.82) is 0 Å². The summed E-state index contributed by atoms with van der Waals surface area (Å²) in [6, 6.07) is 1.37. The maximum Gasteiger partial charge on any atom is 0.150 e. The summed E-state index contributed by atoms with van der Waals surface area (Å²) in [4.78, 5) is 3.86. The predicted octanol–water partition coefficient (Wildman–Crippen LogP) is 1.17. The van der Waals surface area contributed by atoms with E-state index in [-0.39, 0.29) is 21.0 Å². The molecule has 1 rings (SSSR count). The molecule has 0 saturated carbocycles. The number of aliphatic hydroxyl groups excluding tert-OH is 3. The Morgan fingerprint density at radius 1 is 1.06 bits per heavy atom. The second-order valence-electron chi connectivity index (χ2n) is 3.47. The molecular formula is C9H11Cl3N2O3. The van der Waals surface area contributed by atoms with Crippen LogP contribution in [0.1, 0.15) is 0 Å². The maximum absolute atomic E-state index is 9.14. The van der Waals surface area contributed by atoms with Crippen molar-refractivity contribution < 1.29 is 15.3 Å². The van der Waals surface area contributed by atoms with Crippen LogP contribution in [0.3, 0.4) is 0 Å². The molecule has 5 nitrogen and oxygen atoms in total. The molecule has 8 heteroatoms. The minimum atomic E-state index is -1.33. The van der Waals surface area contributed by atoms with E-state index in [9.17, 15) is 0 Å². The number of hydrogen-bond acceptors (Lipinski definition) is 5. The van der Waals surface area contributed by atoms with E-state index in [1.54, 1.807) is 0 Å². The molecule has 17 heavy (non-hydrogen) atoms. The van der Waals surface area contributed by atoms with Crippen LogP contribution in [-0.4, -0.2) is 45.7 Å². The molecule has 0 aliphatic heterocycles. The van der Waals surface area contributed by atoms with E-state index in [4.69, 9.17) is 50.1 Å². The zero-order chi connectivity index (χ0) is 13.1. The lowest BCUT2D eigenvalue weighted by atomic mass is 10.0. The Morgan fingerprint density at radius 3 is 2.06 bits per heavy atom. The maximum atomic E-state index is 9.14. The molecule has 0 aliphatic carbocycles. The van der Waals surface area contributed by atoms with Crippen LogP contribution in [0.15, 0.2) is 6.07 Å². The Balaban J connectivity index is 3.05. The van der Waals surface area contributed by atoms with Crippen molar-refractivity contribution >= 4 is 40.6 Å². The zero-order valence-electron chi connectivity index (χ0n) is 8.62. The number of nitrogens with zero attached hydrogens (tertiary/aromatic N) is 1. The Morgan fingerprint density at radius 2 is 1.59 bits per heavy atom. The van der Waals surface area contributed by atoms with Gasteiger partial charge in [0.2, 0.25) is 0 Å². The van der Waals surface area contributed by atoms with Crippen molar-refractivity contribution in [2.24, 2.45) is 0 Å². The molecule has 1 aromatic heterocycles. The molecule has 0 radical (unpaired) electrons. The third-order valence-corrected chi connectivity index (χ3v) is 3.14. The quantitative estimate of drug-likeness (QED) is 0.614. The second kappa shape index (κ2) is 6.04. The first-order chi connectivity index (χ1) is 7.98. The minimum Gasteiger partial charge on any atom is -0.394 e. The predicted molar refractivity (Wildman–Crippen MR) is 66.9 cm³/mol. The number of rotatable bonds is 5. The van der Waals surface area contributed by atoms with Gasteiger partial charge in [0.15, 0.2) is 0 Å². The zero-order valence-corrected chi connectivity index (χ0v) is 10.9. The summed E-state index contributed by atoms with van der Waals surface area (Å²) in [5.74, 6) is 0.123. The molecule has 0 unspecified atom stereocenters. The molecule has 96 valence electrons. The van der Waals surface area contributed by atoms with Gasteiger partial charge in [-0.15, -0.1) is 0 Å². The van der Waals surface area contributed by atoms with Crippen LogP contribution in [-0.2, 0) is 0 Å². The second-order valence-corrected chi connectivity index (χ2v) is 4.64. The van der Waals surface area contributed by atoms with Crippen LogP contribution in [0, 0.1) is 0 Å². The Labute approximate surface area is 113 Å². The number of hydrogen-bond donors (Lipinski definition) is 4. The Bertz CT molecular complexity index is 391. The fourth-order valence-electron chi connectivity index (χ4n) is 1.05. The van der Waals surface area contributed by atoms with Crippen molar-refractivity contribution in [3.05, 3.63) is 21.3 Å².